The molecule has 0 aliphatic carbocycles. The lowest BCUT2D eigenvalue weighted by atomic mass is 10.1. The van der Waals surface area contributed by atoms with Gasteiger partial charge in [-0.1, -0.05) is 0 Å². The number of carbonyl (C=O) groups excluding carboxylic acids is 3. The van der Waals surface area contributed by atoms with E-state index in [0.29, 0.717) is 28.7 Å². The Labute approximate surface area is 103 Å². The van der Waals surface area contributed by atoms with Gasteiger partial charge in [0, 0.05) is 6.92 Å². The SMILES string of the molecule is CC(=O)c1c(NC=O)ccc2c1ncn2C(C)=O. The second-order valence-corrected chi connectivity index (χ2v) is 3.81. The van der Waals surface area contributed by atoms with Crippen molar-refractivity contribution in [3.8, 4) is 0 Å². The predicted molar refractivity (Wildman–Crippen MR) is 65.7 cm³/mol. The third-order valence-electron chi connectivity index (χ3n) is 2.62. The van der Waals surface area contributed by atoms with Crippen LogP contribution in [0.25, 0.3) is 11.0 Å². The summed E-state index contributed by atoms with van der Waals surface area (Å²) in [5.41, 5.74) is 1.65. The molecule has 1 heterocycles. The summed E-state index contributed by atoms with van der Waals surface area (Å²) in [6.45, 7) is 2.80. The summed E-state index contributed by atoms with van der Waals surface area (Å²) < 4.78 is 1.35. The summed E-state index contributed by atoms with van der Waals surface area (Å²) in [4.78, 5) is 37.6. The maximum absolute atomic E-state index is 11.6. The Bertz CT molecular complexity index is 658. The summed E-state index contributed by atoms with van der Waals surface area (Å²) in [5, 5.41) is 2.45. The van der Waals surface area contributed by atoms with E-state index in [1.54, 1.807) is 12.1 Å². The number of imidazole rings is 1. The molecule has 0 bridgehead atoms. The van der Waals surface area contributed by atoms with Gasteiger partial charge in [0.1, 0.15) is 11.8 Å². The van der Waals surface area contributed by atoms with Crippen molar-refractivity contribution >= 4 is 34.8 Å². The third kappa shape index (κ3) is 1.77. The zero-order chi connectivity index (χ0) is 13.3. The molecule has 18 heavy (non-hydrogen) atoms. The van der Waals surface area contributed by atoms with Gasteiger partial charge in [-0.2, -0.15) is 0 Å². The lowest BCUT2D eigenvalue weighted by molar-refractivity contribution is -0.105. The summed E-state index contributed by atoms with van der Waals surface area (Å²) in [6, 6.07) is 3.22. The van der Waals surface area contributed by atoms with Gasteiger partial charge in [-0.3, -0.25) is 19.0 Å². The number of fused-ring (bicyclic) bond motifs is 1. The number of ketones is 1. The molecule has 92 valence electrons. The lowest BCUT2D eigenvalue weighted by Crippen LogP contribution is -2.06. The van der Waals surface area contributed by atoms with Crippen LogP contribution in [0.1, 0.15) is 29.0 Å². The van der Waals surface area contributed by atoms with Gasteiger partial charge in [0.15, 0.2) is 5.78 Å². The van der Waals surface area contributed by atoms with Crippen molar-refractivity contribution in [1.82, 2.24) is 9.55 Å². The third-order valence-corrected chi connectivity index (χ3v) is 2.62. The van der Waals surface area contributed by atoms with Crippen LogP contribution in [0, 0.1) is 0 Å². The normalized spacial score (nSPS) is 10.3. The van der Waals surface area contributed by atoms with E-state index in [-0.39, 0.29) is 11.7 Å². The first-order chi connectivity index (χ1) is 8.56. The van der Waals surface area contributed by atoms with E-state index in [4.69, 9.17) is 0 Å². The molecule has 1 aromatic carbocycles. The predicted octanol–water partition coefficient (Wildman–Crippen LogP) is 1.47. The Hall–Kier alpha value is -2.50. The topological polar surface area (TPSA) is 81.1 Å². The standard InChI is InChI=1S/C12H11N3O3/c1-7(17)11-9(14-6-16)3-4-10-12(11)13-5-15(10)8(2)18/h3-6H,1-2H3,(H,14,16). The minimum Gasteiger partial charge on any atom is -0.328 e. The zero-order valence-corrected chi connectivity index (χ0v) is 9.93. The average molecular weight is 245 g/mol. The van der Waals surface area contributed by atoms with Crippen LogP contribution >= 0.6 is 0 Å². The molecule has 6 heteroatoms. The maximum atomic E-state index is 11.6. The number of nitrogens with zero attached hydrogens (tertiary/aromatic N) is 2. The smallest absolute Gasteiger partial charge is 0.229 e. The molecule has 0 fully saturated rings. The number of aromatic nitrogens is 2. The molecule has 1 amide bonds. The maximum Gasteiger partial charge on any atom is 0.229 e. The van der Waals surface area contributed by atoms with E-state index >= 15 is 0 Å². The van der Waals surface area contributed by atoms with Crippen LogP contribution < -0.4 is 5.32 Å². The molecule has 0 unspecified atom stereocenters. The monoisotopic (exact) mass is 245 g/mol. The fraction of sp³-hybridized carbons (Fsp3) is 0.167. The number of rotatable bonds is 3. The number of amides is 1. The largest absolute Gasteiger partial charge is 0.328 e. The molecular weight excluding hydrogens is 234 g/mol. The summed E-state index contributed by atoms with van der Waals surface area (Å²) >= 11 is 0. The molecule has 0 aliphatic rings. The minimum atomic E-state index is -0.223. The van der Waals surface area contributed by atoms with E-state index < -0.39 is 0 Å². The van der Waals surface area contributed by atoms with Gasteiger partial charge in [0.05, 0.1) is 16.8 Å². The Morgan fingerprint density at radius 2 is 2.06 bits per heavy atom. The highest BCUT2D eigenvalue weighted by Crippen LogP contribution is 2.25. The van der Waals surface area contributed by atoms with Crippen molar-refractivity contribution in [1.29, 1.82) is 0 Å². The first kappa shape index (κ1) is 12.0. The highest BCUT2D eigenvalue weighted by atomic mass is 16.2. The molecular formula is C12H11N3O3. The number of hydrogen-bond donors (Lipinski definition) is 1. The Morgan fingerprint density at radius 3 is 2.61 bits per heavy atom. The van der Waals surface area contributed by atoms with Gasteiger partial charge in [0.2, 0.25) is 12.3 Å². The van der Waals surface area contributed by atoms with Crippen molar-refractivity contribution < 1.29 is 14.4 Å². The molecule has 0 saturated carbocycles. The Morgan fingerprint density at radius 1 is 1.33 bits per heavy atom. The van der Waals surface area contributed by atoms with Crippen molar-refractivity contribution in [3.05, 3.63) is 24.0 Å². The Balaban J connectivity index is 2.79. The number of anilines is 1. The van der Waals surface area contributed by atoms with Crippen molar-refractivity contribution in [2.45, 2.75) is 13.8 Å². The van der Waals surface area contributed by atoms with Gasteiger partial charge < -0.3 is 5.32 Å². The van der Waals surface area contributed by atoms with Crippen molar-refractivity contribution in [3.63, 3.8) is 0 Å². The average Bonchev–Trinajstić information content (AvgIpc) is 2.72. The van der Waals surface area contributed by atoms with E-state index in [1.807, 2.05) is 0 Å². The van der Waals surface area contributed by atoms with Crippen LogP contribution in [-0.2, 0) is 4.79 Å². The summed E-state index contributed by atoms with van der Waals surface area (Å²) in [6.07, 6.45) is 1.86. The van der Waals surface area contributed by atoms with Crippen LogP contribution in [-0.4, -0.2) is 27.7 Å². The number of nitrogens with one attached hydrogen (secondary N) is 1. The van der Waals surface area contributed by atoms with Crippen molar-refractivity contribution in [2.75, 3.05) is 5.32 Å². The quantitative estimate of drug-likeness (QED) is 0.655. The number of Topliss-reactive ketones (excluding diaryl/α,β-unsaturated/α-hetero) is 1. The molecule has 1 aromatic heterocycles. The lowest BCUT2D eigenvalue weighted by Gasteiger charge is -2.06. The second kappa shape index (κ2) is 4.40. The summed E-state index contributed by atoms with van der Waals surface area (Å²) in [7, 11) is 0. The van der Waals surface area contributed by atoms with Crippen LogP contribution in [0.4, 0.5) is 5.69 Å². The van der Waals surface area contributed by atoms with Crippen LogP contribution in [0.2, 0.25) is 0 Å². The van der Waals surface area contributed by atoms with E-state index in [1.165, 1.54) is 24.7 Å². The van der Waals surface area contributed by atoms with Crippen LogP contribution in [0.3, 0.4) is 0 Å². The van der Waals surface area contributed by atoms with E-state index in [2.05, 4.69) is 10.3 Å². The Kier molecular flexibility index (Phi) is 2.93. The second-order valence-electron chi connectivity index (χ2n) is 3.81. The molecule has 0 atom stereocenters. The van der Waals surface area contributed by atoms with Crippen molar-refractivity contribution in [2.24, 2.45) is 0 Å². The van der Waals surface area contributed by atoms with Gasteiger partial charge >= 0.3 is 0 Å². The fourth-order valence-corrected chi connectivity index (χ4v) is 1.87. The minimum absolute atomic E-state index is 0.192. The first-order valence-electron chi connectivity index (χ1n) is 5.28. The van der Waals surface area contributed by atoms with Gasteiger partial charge in [-0.05, 0) is 19.1 Å². The summed E-state index contributed by atoms with van der Waals surface area (Å²) in [5.74, 6) is -0.415. The molecule has 0 saturated heterocycles. The molecule has 0 aliphatic heterocycles. The first-order valence-corrected chi connectivity index (χ1v) is 5.28. The van der Waals surface area contributed by atoms with Crippen LogP contribution in [0.5, 0.6) is 0 Å². The molecule has 0 radical (unpaired) electrons. The highest BCUT2D eigenvalue weighted by Gasteiger charge is 2.16. The van der Waals surface area contributed by atoms with Crippen LogP contribution in [0.15, 0.2) is 18.5 Å². The van der Waals surface area contributed by atoms with Gasteiger partial charge in [0.25, 0.3) is 0 Å². The molecule has 6 nitrogen and oxygen atoms in total. The number of carbonyl (C=O) groups is 3. The molecule has 2 rings (SSSR count). The molecule has 1 N–H and O–H groups in total. The van der Waals surface area contributed by atoms with E-state index in [0.717, 1.165) is 0 Å². The number of benzene rings is 1. The molecule has 2 aromatic rings. The molecule has 0 spiro atoms. The fourth-order valence-electron chi connectivity index (χ4n) is 1.87. The highest BCUT2D eigenvalue weighted by molar-refractivity contribution is 6.11. The van der Waals surface area contributed by atoms with Gasteiger partial charge in [-0.25, -0.2) is 4.98 Å². The zero-order valence-electron chi connectivity index (χ0n) is 9.93. The van der Waals surface area contributed by atoms with E-state index in [9.17, 15) is 14.4 Å². The van der Waals surface area contributed by atoms with Gasteiger partial charge in [-0.15, -0.1) is 0 Å². The number of hydrogen-bond acceptors (Lipinski definition) is 4.